The largest absolute Gasteiger partial charge is 0.399 e. The normalized spacial score (nSPS) is 16.8. The highest BCUT2D eigenvalue weighted by molar-refractivity contribution is 6.13. The SMILES string of the molecule is C.CON.CON=C(C)C1(C(=O)Nc2ccc3[nH]nc(-c4ccc(F)cc4)c3c2)CCN(CC(=O)N2CCN(c3ccc(-c4ncccn4)cn3)C[C@H]2C)C1.N=N/N=N/N=N/N=N/N=N/N.N=N/N=N/N=N/N=N/N=N/N=N. The number of nitrogens with one attached hydrogen (secondary N) is 5. The lowest BCUT2D eigenvalue weighted by molar-refractivity contribution is -0.135. The van der Waals surface area contributed by atoms with Gasteiger partial charge in [0.2, 0.25) is 11.8 Å². The standard InChI is InChI=1S/C37H39FN10O3.CH5NO.CH4.H2N12.H3N11/c1-24-21-47(32-12-7-27(20-41-32)35-39-14-4-15-40-35)17-18-48(24)33(49)22-46-16-13-37(23-46,25(2)45-51-3)36(50)42-29-10-11-31-30(19-29)34(44-43-31)26-5-8-28(38)9-6-26;1-3-2;;1-3-5-7-9-11-12-10-8-6-4-2;1-3-5-7-9-11-10-8-6-4-2/h4-12,14-15,19-20,24H,13,16-18,21-23H2,1-3H3,(H,42,50)(H,43,44);2H2,1H3;1H4;1-2H;(H3,1,2,5,6,9,10)/b;;;3-1?,4-2?,7-5+,8-6+,11-9+,12-10+;/t24-,37?;;;;/m1..../s1. The Kier molecular flexibility index (Phi) is 27.1. The Balaban J connectivity index is 0.000000491. The number of oxime groups is 1. The molecule has 0 saturated carbocycles. The molecule has 78 heavy (non-hydrogen) atoms. The van der Waals surface area contributed by atoms with Crippen molar-refractivity contribution in [2.24, 2.45) is 122 Å². The van der Waals surface area contributed by atoms with Gasteiger partial charge >= 0.3 is 0 Å². The number of carbonyl (C=O) groups excluding carboxylic acids is 2. The lowest BCUT2D eigenvalue weighted by atomic mass is 9.81. The Hall–Kier alpha value is -10.4. The molecule has 2 saturated heterocycles. The average molecular weight is 1080 g/mol. The van der Waals surface area contributed by atoms with E-state index in [1.165, 1.54) is 26.4 Å². The van der Waals surface area contributed by atoms with Crippen LogP contribution < -0.4 is 22.0 Å². The third kappa shape index (κ3) is 19.1. The second-order valence-corrected chi connectivity index (χ2v) is 15.0. The highest BCUT2D eigenvalue weighted by Crippen LogP contribution is 2.36. The molecule has 38 nitrogen and oxygen atoms in total. The zero-order valence-electron chi connectivity index (χ0n) is 41.3. The van der Waals surface area contributed by atoms with Crippen molar-refractivity contribution in [2.75, 3.05) is 63.7 Å². The molecule has 0 radical (unpaired) electrons. The van der Waals surface area contributed by atoms with Crippen LogP contribution in [-0.2, 0) is 19.3 Å². The number of piperazine rings is 1. The number of fused-ring (bicyclic) bond motifs is 1. The van der Waals surface area contributed by atoms with Crippen molar-refractivity contribution in [3.8, 4) is 22.6 Å². The maximum atomic E-state index is 14.1. The molecule has 2 aliphatic heterocycles. The maximum absolute atomic E-state index is 14.1. The molecule has 2 atom stereocenters. The molecule has 410 valence electrons. The summed E-state index contributed by atoms with van der Waals surface area (Å²) in [5, 5.41) is 68.6. The minimum Gasteiger partial charge on any atom is -0.399 e. The van der Waals surface area contributed by atoms with Gasteiger partial charge in [0.15, 0.2) is 5.82 Å². The third-order valence-electron chi connectivity index (χ3n) is 10.6. The first kappa shape index (κ1) is 61.9. The Morgan fingerprint density at radius 1 is 0.808 bits per heavy atom. The molecule has 0 spiro atoms. The van der Waals surface area contributed by atoms with E-state index >= 15 is 0 Å². The second-order valence-electron chi connectivity index (χ2n) is 15.0. The van der Waals surface area contributed by atoms with Gasteiger partial charge in [0.25, 0.3) is 0 Å². The number of nitrogens with zero attached hydrogens (tertiary/aromatic N) is 27. The summed E-state index contributed by atoms with van der Waals surface area (Å²) in [4.78, 5) is 56.0. The number of amides is 2. The number of rotatable bonds is 18. The van der Waals surface area contributed by atoms with Crippen LogP contribution in [0.4, 0.5) is 15.9 Å². The maximum Gasteiger partial charge on any atom is 0.237 e. The molecule has 5 heterocycles. The van der Waals surface area contributed by atoms with Gasteiger partial charge in [-0.05, 0) is 175 Å². The first-order valence-corrected chi connectivity index (χ1v) is 21.9. The number of anilines is 2. The molecule has 2 aromatic carbocycles. The summed E-state index contributed by atoms with van der Waals surface area (Å²) in [6, 6.07) is 17.3. The zero-order valence-corrected chi connectivity index (χ0v) is 41.3. The van der Waals surface area contributed by atoms with E-state index in [2.05, 4.69) is 156 Å². The van der Waals surface area contributed by atoms with Gasteiger partial charge in [-0.1, -0.05) is 17.8 Å². The number of nitrogens with two attached hydrogens (primary N) is 2. The number of carbonyl (C=O) groups is 2. The van der Waals surface area contributed by atoms with Crippen molar-refractivity contribution in [1.29, 1.82) is 16.6 Å². The van der Waals surface area contributed by atoms with Crippen LogP contribution in [0.1, 0.15) is 27.7 Å². The van der Waals surface area contributed by atoms with Crippen LogP contribution in [0.5, 0.6) is 0 Å². The lowest BCUT2D eigenvalue weighted by Crippen LogP contribution is -2.56. The van der Waals surface area contributed by atoms with Crippen molar-refractivity contribution < 1.29 is 23.7 Å². The van der Waals surface area contributed by atoms with Crippen molar-refractivity contribution >= 4 is 39.9 Å². The average Bonchev–Trinajstić information content (AvgIpc) is 4.10. The molecule has 2 aliphatic rings. The smallest absolute Gasteiger partial charge is 0.237 e. The van der Waals surface area contributed by atoms with Gasteiger partial charge in [-0.15, -0.1) is 0 Å². The summed E-state index contributed by atoms with van der Waals surface area (Å²) in [6.07, 6.45) is 5.66. The van der Waals surface area contributed by atoms with Gasteiger partial charge in [-0.3, -0.25) is 19.6 Å². The van der Waals surface area contributed by atoms with Crippen LogP contribution in [-0.4, -0.2) is 112 Å². The van der Waals surface area contributed by atoms with Gasteiger partial charge < -0.3 is 30.6 Å². The molecule has 5 aromatic rings. The fourth-order valence-electron chi connectivity index (χ4n) is 7.32. The molecule has 9 N–H and O–H groups in total. The van der Waals surface area contributed by atoms with Crippen molar-refractivity contribution in [1.82, 2.24) is 34.9 Å². The number of halogens is 1. The molecule has 1 unspecified atom stereocenters. The minimum atomic E-state index is -1.01. The Morgan fingerprint density at radius 3 is 1.92 bits per heavy atom. The number of hydrogen-bond acceptors (Lipinski definition) is 16. The Bertz CT molecular complexity index is 2920. The number of hydrogen-bond donors (Lipinski definition) is 7. The summed E-state index contributed by atoms with van der Waals surface area (Å²) in [5.74, 6) is 9.81. The van der Waals surface area contributed by atoms with E-state index in [-0.39, 0.29) is 37.6 Å². The van der Waals surface area contributed by atoms with Gasteiger partial charge in [-0.2, -0.15) is 21.7 Å². The van der Waals surface area contributed by atoms with E-state index in [1.807, 2.05) is 47.1 Å². The van der Waals surface area contributed by atoms with Crippen LogP contribution in [0, 0.1) is 27.8 Å². The van der Waals surface area contributed by atoms with Crippen molar-refractivity contribution in [2.45, 2.75) is 33.7 Å². The number of aromatic nitrogens is 5. The molecule has 39 heteroatoms. The number of benzene rings is 2. The summed E-state index contributed by atoms with van der Waals surface area (Å²) in [6.45, 7) is 6.74. The zero-order chi connectivity index (χ0) is 55.7. The highest BCUT2D eigenvalue weighted by Gasteiger charge is 2.48. The van der Waals surface area contributed by atoms with Gasteiger partial charge in [0, 0.05) is 79.6 Å². The van der Waals surface area contributed by atoms with E-state index in [0.717, 1.165) is 27.8 Å². The van der Waals surface area contributed by atoms with E-state index < -0.39 is 5.41 Å². The van der Waals surface area contributed by atoms with E-state index in [9.17, 15) is 14.0 Å². The van der Waals surface area contributed by atoms with E-state index in [1.54, 1.807) is 43.7 Å². The number of pyridine rings is 1. The quantitative estimate of drug-likeness (QED) is 0.0188. The van der Waals surface area contributed by atoms with Crippen LogP contribution in [0.15, 0.2) is 184 Å². The predicted molar refractivity (Wildman–Crippen MR) is 269 cm³/mol. The summed E-state index contributed by atoms with van der Waals surface area (Å²) < 4.78 is 13.6. The van der Waals surface area contributed by atoms with Crippen molar-refractivity contribution in [3.05, 3.63) is 85.1 Å². The number of likely N-dealkylation sites (tertiary alicyclic amines) is 1. The third-order valence-corrected chi connectivity index (χ3v) is 10.6. The van der Waals surface area contributed by atoms with Crippen LogP contribution in [0.25, 0.3) is 33.5 Å². The van der Waals surface area contributed by atoms with Crippen LogP contribution >= 0.6 is 0 Å². The topological polar surface area (TPSA) is 512 Å². The summed E-state index contributed by atoms with van der Waals surface area (Å²) in [7, 11) is 2.86. The lowest BCUT2D eigenvalue weighted by Gasteiger charge is -2.41. The molecule has 0 aliphatic carbocycles. The number of H-pyrrole nitrogens is 1. The van der Waals surface area contributed by atoms with Crippen molar-refractivity contribution in [3.63, 3.8) is 0 Å². The molecule has 2 amide bonds. The first-order valence-electron chi connectivity index (χ1n) is 21.9. The number of aromatic amines is 1. The Labute approximate surface area is 441 Å². The first-order chi connectivity index (χ1) is 37.5. The molecular weight excluding hydrogens is 1030 g/mol. The highest BCUT2D eigenvalue weighted by atomic mass is 19.1. The second kappa shape index (κ2) is 34.1. The fourth-order valence-corrected chi connectivity index (χ4v) is 7.32. The van der Waals surface area contributed by atoms with Crippen LogP contribution in [0.2, 0.25) is 0 Å². The molecule has 0 bridgehead atoms. The summed E-state index contributed by atoms with van der Waals surface area (Å²) >= 11 is 0. The Morgan fingerprint density at radius 2 is 1.38 bits per heavy atom. The monoisotopic (exact) mass is 1080 g/mol. The molecule has 7 rings (SSSR count). The van der Waals surface area contributed by atoms with Gasteiger partial charge in [-0.25, -0.2) is 25.2 Å². The fraction of sp³-hybridized carbons (Fsp3) is 0.359. The van der Waals surface area contributed by atoms with E-state index in [4.69, 9.17) is 21.4 Å². The molecule has 3 aromatic heterocycles. The molecular formula is C39H53FN34O4. The van der Waals surface area contributed by atoms with Gasteiger partial charge in [0.1, 0.15) is 24.2 Å². The van der Waals surface area contributed by atoms with Gasteiger partial charge in [0.05, 0.1) is 30.6 Å². The summed E-state index contributed by atoms with van der Waals surface area (Å²) in [5.41, 5.74) is 21.5. The van der Waals surface area contributed by atoms with Crippen LogP contribution in [0.3, 0.4) is 0 Å². The minimum absolute atomic E-state index is 0. The predicted octanol–water partition coefficient (Wildman–Crippen LogP) is 8.55. The molecule has 2 fully saturated rings. The van der Waals surface area contributed by atoms with E-state index in [0.29, 0.717) is 62.1 Å².